The number of carbonyl (C=O) groups excluding carboxylic acids is 4. The number of anilines is 3. The Hall–Kier alpha value is -6.16. The molecule has 1 aliphatic carbocycles. The van der Waals surface area contributed by atoms with Gasteiger partial charge in [-0.05, 0) is 117 Å². The number of pyridine rings is 1. The van der Waals surface area contributed by atoms with Gasteiger partial charge in [0, 0.05) is 141 Å². The molecule has 14 nitrogen and oxygen atoms in total. The van der Waals surface area contributed by atoms with Crippen LogP contribution in [-0.2, 0) is 40.3 Å². The molecule has 1 unspecified atom stereocenters. The van der Waals surface area contributed by atoms with Crippen molar-refractivity contribution in [2.75, 3.05) is 55.6 Å². The minimum Gasteiger partial charge on any atom is -0.372 e. The number of hydrogen-bond donors (Lipinski definition) is 1. The van der Waals surface area contributed by atoms with E-state index in [1.54, 1.807) is 17.9 Å². The third kappa shape index (κ3) is 8.46. The number of rotatable bonds is 9. The van der Waals surface area contributed by atoms with E-state index in [-0.39, 0.29) is 35.7 Å². The molecule has 0 bridgehead atoms. The lowest BCUT2D eigenvalue weighted by Crippen LogP contribution is -2.52. The number of piperidine rings is 3. The molecule has 9 heterocycles. The molecule has 372 valence electrons. The molecule has 4 amide bonds. The number of nitrogens with zero attached hydrogens (tertiary/aromatic N) is 9. The number of aryl methyl sites for hydroxylation is 1. The first-order valence-corrected chi connectivity index (χ1v) is 26.3. The summed E-state index contributed by atoms with van der Waals surface area (Å²) >= 11 is 0. The number of amides is 4. The number of benzene rings is 2. The quantitative estimate of drug-likeness (QED) is 0.144. The second-order valence-electron chi connectivity index (χ2n) is 21.3. The van der Waals surface area contributed by atoms with Crippen LogP contribution in [0.1, 0.15) is 141 Å². The Balaban J connectivity index is 0.732. The first kappa shape index (κ1) is 45.9. The molecule has 3 aromatic heterocycles. The van der Waals surface area contributed by atoms with Gasteiger partial charge in [-0.1, -0.05) is 19.3 Å². The molecule has 4 fully saturated rings. The van der Waals surface area contributed by atoms with Crippen LogP contribution in [0.2, 0.25) is 0 Å². The van der Waals surface area contributed by atoms with Gasteiger partial charge in [-0.3, -0.25) is 34.2 Å². The van der Waals surface area contributed by atoms with Crippen LogP contribution in [0.3, 0.4) is 0 Å². The highest BCUT2D eigenvalue weighted by atomic mass is 19.3. The van der Waals surface area contributed by atoms with Gasteiger partial charge in [-0.2, -0.15) is 5.10 Å². The SMILES string of the molecule is CC(=O)N1CCc2c(c(N3CCCc4cc(-c5cn(C6CCN(CC7CCN(c8ccc9c(c8)CN(C8CCC(=O)NC8=O)C9=O)CC7)CC6)c6ccncc56)c(C(F)F)cc43)nn2C2CCCCC2)C1. The van der Waals surface area contributed by atoms with Crippen LogP contribution in [0.15, 0.2) is 55.0 Å². The lowest BCUT2D eigenvalue weighted by atomic mass is 9.91. The van der Waals surface area contributed by atoms with Gasteiger partial charge in [0.1, 0.15) is 6.04 Å². The smallest absolute Gasteiger partial charge is 0.264 e. The highest BCUT2D eigenvalue weighted by Gasteiger charge is 2.40. The molecule has 1 atom stereocenters. The fourth-order valence-electron chi connectivity index (χ4n) is 13.3. The van der Waals surface area contributed by atoms with Crippen molar-refractivity contribution in [1.29, 1.82) is 0 Å². The molecule has 16 heteroatoms. The van der Waals surface area contributed by atoms with Gasteiger partial charge in [-0.15, -0.1) is 0 Å². The molecule has 0 radical (unpaired) electrons. The Morgan fingerprint density at radius 2 is 1.61 bits per heavy atom. The van der Waals surface area contributed by atoms with Crippen LogP contribution in [0, 0.1) is 5.92 Å². The van der Waals surface area contributed by atoms with Crippen molar-refractivity contribution in [1.82, 2.24) is 39.3 Å². The largest absolute Gasteiger partial charge is 0.372 e. The summed E-state index contributed by atoms with van der Waals surface area (Å²) < 4.78 is 35.8. The Bertz CT molecular complexity index is 2910. The number of carbonyl (C=O) groups is 4. The zero-order chi connectivity index (χ0) is 48.5. The van der Waals surface area contributed by atoms with Crippen molar-refractivity contribution in [3.63, 3.8) is 0 Å². The van der Waals surface area contributed by atoms with Crippen molar-refractivity contribution in [3.05, 3.63) is 88.5 Å². The molecule has 6 aliphatic heterocycles. The van der Waals surface area contributed by atoms with Crippen LogP contribution >= 0.6 is 0 Å². The molecular formula is C55H64F2N10O4. The lowest BCUT2D eigenvalue weighted by Gasteiger charge is -2.39. The van der Waals surface area contributed by atoms with Gasteiger partial charge in [0.2, 0.25) is 17.7 Å². The van der Waals surface area contributed by atoms with E-state index in [1.807, 2.05) is 41.6 Å². The van der Waals surface area contributed by atoms with Gasteiger partial charge in [0.05, 0.1) is 18.1 Å². The minimum atomic E-state index is -2.69. The first-order valence-electron chi connectivity index (χ1n) is 26.3. The highest BCUT2D eigenvalue weighted by Crippen LogP contribution is 2.46. The number of aromatic nitrogens is 4. The third-order valence-corrected chi connectivity index (χ3v) is 17.2. The zero-order valence-corrected chi connectivity index (χ0v) is 40.8. The van der Waals surface area contributed by atoms with E-state index < -0.39 is 18.4 Å². The van der Waals surface area contributed by atoms with E-state index in [0.29, 0.717) is 55.7 Å². The van der Waals surface area contributed by atoms with Crippen molar-refractivity contribution in [2.45, 2.75) is 134 Å². The Kier molecular flexibility index (Phi) is 12.2. The fourth-order valence-corrected chi connectivity index (χ4v) is 13.3. The van der Waals surface area contributed by atoms with E-state index >= 15 is 8.78 Å². The summed E-state index contributed by atoms with van der Waals surface area (Å²) in [5.41, 5.74) is 9.19. The normalized spacial score (nSPS) is 21.9. The maximum absolute atomic E-state index is 15.6. The number of likely N-dealkylation sites (tertiary alicyclic amines) is 1. The number of nitrogens with one attached hydrogen (secondary N) is 1. The predicted octanol–water partition coefficient (Wildman–Crippen LogP) is 8.65. The van der Waals surface area contributed by atoms with Crippen molar-refractivity contribution < 1.29 is 28.0 Å². The summed E-state index contributed by atoms with van der Waals surface area (Å²) in [6.45, 7) is 8.69. The Labute approximate surface area is 413 Å². The summed E-state index contributed by atoms with van der Waals surface area (Å²) in [6, 6.07) is 11.8. The number of halogens is 2. The van der Waals surface area contributed by atoms with Gasteiger partial charge >= 0.3 is 0 Å². The average molecular weight is 967 g/mol. The highest BCUT2D eigenvalue weighted by molar-refractivity contribution is 6.05. The van der Waals surface area contributed by atoms with E-state index in [0.717, 1.165) is 141 Å². The van der Waals surface area contributed by atoms with Crippen LogP contribution in [-0.4, -0.2) is 110 Å². The van der Waals surface area contributed by atoms with E-state index in [4.69, 9.17) is 5.10 Å². The average Bonchev–Trinajstić information content (AvgIpc) is 4.07. The number of imide groups is 1. The van der Waals surface area contributed by atoms with Crippen LogP contribution in [0.5, 0.6) is 0 Å². The zero-order valence-electron chi connectivity index (χ0n) is 40.8. The van der Waals surface area contributed by atoms with E-state index in [2.05, 4.69) is 46.5 Å². The molecular weight excluding hydrogens is 903 g/mol. The van der Waals surface area contributed by atoms with Crippen molar-refractivity contribution in [3.8, 4) is 11.1 Å². The molecule has 7 aliphatic rings. The maximum atomic E-state index is 15.6. The molecule has 71 heavy (non-hydrogen) atoms. The molecule has 1 saturated carbocycles. The molecule has 12 rings (SSSR count). The fraction of sp³-hybridized carbons (Fsp3) is 0.527. The minimum absolute atomic E-state index is 0.0214. The van der Waals surface area contributed by atoms with Gasteiger partial charge in [-0.25, -0.2) is 8.78 Å². The topological polar surface area (TPSA) is 132 Å². The molecule has 5 aromatic rings. The van der Waals surface area contributed by atoms with Gasteiger partial charge in [0.15, 0.2) is 5.82 Å². The monoisotopic (exact) mass is 967 g/mol. The Morgan fingerprint density at radius 1 is 0.789 bits per heavy atom. The third-order valence-electron chi connectivity index (χ3n) is 17.2. The molecule has 3 saturated heterocycles. The van der Waals surface area contributed by atoms with Gasteiger partial charge < -0.3 is 29.1 Å². The second-order valence-corrected chi connectivity index (χ2v) is 21.3. The summed E-state index contributed by atoms with van der Waals surface area (Å²) in [7, 11) is 0. The van der Waals surface area contributed by atoms with Crippen molar-refractivity contribution >= 4 is 51.7 Å². The Morgan fingerprint density at radius 3 is 2.38 bits per heavy atom. The standard InChI is InChI=1S/C55H64F2N10O4/c1-34(68)63-25-18-48-46(32-63)53(60-67(48)39-7-3-2-4-8-39)64-20-5-6-36-27-42(43(52(56)57)28-50(36)64)45-33-65(47-13-19-58-29-44(45)47)38-16-21-61(22-17-38)30-35-14-23-62(24-15-35)40-9-10-41-37(26-40)31-66(55(41)71)49-11-12-51(69)59-54(49)70/h9-10,13,19,26-29,33,35,38-39,49,52H,2-8,11-12,14-18,20-25,30-32H2,1H3,(H,59,69,70). The van der Waals surface area contributed by atoms with E-state index in [1.165, 1.54) is 25.0 Å². The summed E-state index contributed by atoms with van der Waals surface area (Å²) in [4.78, 5) is 65.4. The summed E-state index contributed by atoms with van der Waals surface area (Å²) in [5, 5.41) is 8.62. The predicted molar refractivity (Wildman–Crippen MR) is 267 cm³/mol. The summed E-state index contributed by atoms with van der Waals surface area (Å²) in [6.07, 6.45) is 15.9. The van der Waals surface area contributed by atoms with Crippen LogP contribution < -0.4 is 15.1 Å². The second kappa shape index (κ2) is 18.8. The van der Waals surface area contributed by atoms with E-state index in [9.17, 15) is 19.2 Å². The lowest BCUT2D eigenvalue weighted by molar-refractivity contribution is -0.137. The van der Waals surface area contributed by atoms with Crippen molar-refractivity contribution in [2.24, 2.45) is 5.92 Å². The molecule has 1 N–H and O–H groups in total. The molecule has 2 aromatic carbocycles. The molecule has 0 spiro atoms. The van der Waals surface area contributed by atoms with Gasteiger partial charge in [0.25, 0.3) is 12.3 Å². The number of alkyl halides is 2. The first-order chi connectivity index (χ1) is 34.6. The van der Waals surface area contributed by atoms with Crippen LogP contribution in [0.25, 0.3) is 22.0 Å². The van der Waals surface area contributed by atoms with Crippen LogP contribution in [0.4, 0.5) is 26.0 Å². The maximum Gasteiger partial charge on any atom is 0.264 e. The number of hydrogen-bond acceptors (Lipinski definition) is 9. The number of fused-ring (bicyclic) bond motifs is 4. The summed E-state index contributed by atoms with van der Waals surface area (Å²) in [5.74, 6) is 0.615.